The van der Waals surface area contributed by atoms with Gasteiger partial charge in [0.05, 0.1) is 7.11 Å². The van der Waals surface area contributed by atoms with Crippen LogP contribution in [0.3, 0.4) is 0 Å². The third-order valence-corrected chi connectivity index (χ3v) is 4.93. The first-order chi connectivity index (χ1) is 13.7. The van der Waals surface area contributed by atoms with Crippen molar-refractivity contribution in [1.82, 2.24) is 15.3 Å². The molecule has 0 saturated heterocycles. The number of nitrogens with zero attached hydrogens (tertiary/aromatic N) is 2. The number of nitrogens with one attached hydrogen (secondary N) is 1. The van der Waals surface area contributed by atoms with Gasteiger partial charge in [0, 0.05) is 18.4 Å². The standard InChI is InChI=1S/C20H23N3O5/c1-25-19-20(22-11-10-21-19)27-14-8-6-13(7-9-14)23-18(24)17-12-26-15-4-2-3-5-16(15)28-17/h2-5,10-11,13-14,17H,6-9,12H2,1H3,(H,23,24). The van der Waals surface area contributed by atoms with Crippen LogP contribution in [0.5, 0.6) is 23.3 Å². The van der Waals surface area contributed by atoms with Gasteiger partial charge in [-0.3, -0.25) is 4.79 Å². The number of para-hydroxylation sites is 2. The fourth-order valence-corrected chi connectivity index (χ4v) is 3.46. The molecular weight excluding hydrogens is 362 g/mol. The van der Waals surface area contributed by atoms with E-state index in [1.807, 2.05) is 18.2 Å². The maximum absolute atomic E-state index is 12.6. The van der Waals surface area contributed by atoms with Crippen LogP contribution >= 0.6 is 0 Å². The molecule has 1 unspecified atom stereocenters. The maximum Gasteiger partial charge on any atom is 0.278 e. The number of carbonyl (C=O) groups is 1. The van der Waals surface area contributed by atoms with Crippen LogP contribution in [0.25, 0.3) is 0 Å². The first-order valence-corrected chi connectivity index (χ1v) is 9.43. The number of amides is 1. The van der Waals surface area contributed by atoms with Gasteiger partial charge in [-0.15, -0.1) is 0 Å². The Hall–Kier alpha value is -3.03. The Bertz CT molecular complexity index is 823. The number of carbonyl (C=O) groups excluding carboxylic acids is 1. The van der Waals surface area contributed by atoms with E-state index < -0.39 is 6.10 Å². The topological polar surface area (TPSA) is 91.8 Å². The van der Waals surface area contributed by atoms with E-state index in [1.54, 1.807) is 25.6 Å². The van der Waals surface area contributed by atoms with E-state index in [4.69, 9.17) is 18.9 Å². The Morgan fingerprint density at radius 2 is 1.79 bits per heavy atom. The molecule has 1 aliphatic heterocycles. The van der Waals surface area contributed by atoms with Crippen molar-refractivity contribution in [1.29, 1.82) is 0 Å². The number of aromatic nitrogens is 2. The predicted octanol–water partition coefficient (Wildman–Crippen LogP) is 2.13. The SMILES string of the molecule is COc1nccnc1OC1CCC(NC(=O)C2COc3ccccc3O2)CC1. The van der Waals surface area contributed by atoms with Gasteiger partial charge in [-0.1, -0.05) is 12.1 Å². The summed E-state index contributed by atoms with van der Waals surface area (Å²) >= 11 is 0. The lowest BCUT2D eigenvalue weighted by atomic mass is 9.93. The van der Waals surface area contributed by atoms with Crippen LogP contribution in [0, 0.1) is 0 Å². The molecule has 28 heavy (non-hydrogen) atoms. The molecule has 148 valence electrons. The zero-order chi connectivity index (χ0) is 19.3. The van der Waals surface area contributed by atoms with E-state index in [0.717, 1.165) is 25.7 Å². The zero-order valence-electron chi connectivity index (χ0n) is 15.7. The number of benzene rings is 1. The molecule has 0 radical (unpaired) electrons. The molecule has 1 amide bonds. The molecule has 0 bridgehead atoms. The van der Waals surface area contributed by atoms with E-state index in [9.17, 15) is 4.79 Å². The summed E-state index contributed by atoms with van der Waals surface area (Å²) in [6.07, 6.45) is 5.81. The van der Waals surface area contributed by atoms with Crippen LogP contribution in [0.2, 0.25) is 0 Å². The fraction of sp³-hybridized carbons (Fsp3) is 0.450. The summed E-state index contributed by atoms with van der Waals surface area (Å²) < 4.78 is 22.5. The van der Waals surface area contributed by atoms with E-state index in [2.05, 4.69) is 15.3 Å². The Morgan fingerprint density at radius 1 is 1.07 bits per heavy atom. The lowest BCUT2D eigenvalue weighted by Gasteiger charge is -2.31. The molecule has 4 rings (SSSR count). The van der Waals surface area contributed by atoms with Gasteiger partial charge in [-0.25, -0.2) is 9.97 Å². The summed E-state index contributed by atoms with van der Waals surface area (Å²) in [5, 5.41) is 3.07. The first-order valence-electron chi connectivity index (χ1n) is 9.43. The predicted molar refractivity (Wildman–Crippen MR) is 99.8 cm³/mol. The summed E-state index contributed by atoms with van der Waals surface area (Å²) in [4.78, 5) is 20.8. The van der Waals surface area contributed by atoms with Crippen LogP contribution in [0.4, 0.5) is 0 Å². The highest BCUT2D eigenvalue weighted by Gasteiger charge is 2.31. The second-order valence-electron chi connectivity index (χ2n) is 6.84. The number of hydrogen-bond donors (Lipinski definition) is 1. The third-order valence-electron chi connectivity index (χ3n) is 4.93. The van der Waals surface area contributed by atoms with Gasteiger partial charge >= 0.3 is 0 Å². The molecule has 8 nitrogen and oxygen atoms in total. The summed E-state index contributed by atoms with van der Waals surface area (Å²) in [5.74, 6) is 1.92. The summed E-state index contributed by atoms with van der Waals surface area (Å²) in [6, 6.07) is 7.46. The quantitative estimate of drug-likeness (QED) is 0.843. The van der Waals surface area contributed by atoms with E-state index in [0.29, 0.717) is 23.3 Å². The van der Waals surface area contributed by atoms with Gasteiger partial charge in [-0.2, -0.15) is 0 Å². The number of methoxy groups -OCH3 is 1. The van der Waals surface area contributed by atoms with E-state index in [-0.39, 0.29) is 24.7 Å². The molecule has 1 N–H and O–H groups in total. The van der Waals surface area contributed by atoms with Crippen molar-refractivity contribution in [2.24, 2.45) is 0 Å². The van der Waals surface area contributed by atoms with Gasteiger partial charge in [-0.05, 0) is 37.8 Å². The maximum atomic E-state index is 12.6. The lowest BCUT2D eigenvalue weighted by Crippen LogP contribution is -2.49. The highest BCUT2D eigenvalue weighted by molar-refractivity contribution is 5.82. The average molecular weight is 385 g/mol. The zero-order valence-corrected chi connectivity index (χ0v) is 15.7. The molecule has 1 atom stereocenters. The largest absolute Gasteiger partial charge is 0.485 e. The van der Waals surface area contributed by atoms with Crippen LogP contribution in [-0.4, -0.2) is 47.8 Å². The van der Waals surface area contributed by atoms with Crippen LogP contribution in [-0.2, 0) is 4.79 Å². The smallest absolute Gasteiger partial charge is 0.278 e. The van der Waals surface area contributed by atoms with Gasteiger partial charge in [0.2, 0.25) is 6.10 Å². The fourth-order valence-electron chi connectivity index (χ4n) is 3.46. The van der Waals surface area contributed by atoms with Crippen molar-refractivity contribution in [2.45, 2.75) is 43.9 Å². The van der Waals surface area contributed by atoms with Crippen molar-refractivity contribution in [3.05, 3.63) is 36.7 Å². The minimum Gasteiger partial charge on any atom is -0.485 e. The second kappa shape index (κ2) is 8.33. The first kappa shape index (κ1) is 18.3. The summed E-state index contributed by atoms with van der Waals surface area (Å²) in [5.41, 5.74) is 0. The van der Waals surface area contributed by atoms with E-state index >= 15 is 0 Å². The molecule has 8 heteroatoms. The third kappa shape index (κ3) is 4.11. The second-order valence-corrected chi connectivity index (χ2v) is 6.84. The number of hydrogen-bond acceptors (Lipinski definition) is 7. The van der Waals surface area contributed by atoms with Crippen LogP contribution < -0.4 is 24.3 Å². The highest BCUT2D eigenvalue weighted by Crippen LogP contribution is 2.31. The molecule has 1 saturated carbocycles. The Labute approximate surface area is 163 Å². The molecule has 1 aromatic heterocycles. The van der Waals surface area contributed by atoms with Crippen LogP contribution in [0.15, 0.2) is 36.7 Å². The normalized spacial score (nSPS) is 23.5. The minimum atomic E-state index is -0.632. The molecular formula is C20H23N3O5. The number of ether oxygens (including phenoxy) is 4. The Balaban J connectivity index is 1.26. The lowest BCUT2D eigenvalue weighted by molar-refractivity contribution is -0.131. The van der Waals surface area contributed by atoms with Gasteiger partial charge in [0.25, 0.3) is 17.7 Å². The van der Waals surface area contributed by atoms with Crippen molar-refractivity contribution in [3.8, 4) is 23.3 Å². The van der Waals surface area contributed by atoms with Gasteiger partial charge in [0.1, 0.15) is 12.7 Å². The monoisotopic (exact) mass is 385 g/mol. The molecule has 1 aliphatic carbocycles. The molecule has 2 aliphatic rings. The van der Waals surface area contributed by atoms with Crippen molar-refractivity contribution in [2.75, 3.05) is 13.7 Å². The van der Waals surface area contributed by atoms with Gasteiger partial charge < -0.3 is 24.3 Å². The minimum absolute atomic E-state index is 0.0277. The molecule has 2 aromatic rings. The highest BCUT2D eigenvalue weighted by atomic mass is 16.6. The van der Waals surface area contributed by atoms with Crippen molar-refractivity contribution >= 4 is 5.91 Å². The van der Waals surface area contributed by atoms with Crippen molar-refractivity contribution < 1.29 is 23.7 Å². The number of rotatable bonds is 5. The van der Waals surface area contributed by atoms with Crippen molar-refractivity contribution in [3.63, 3.8) is 0 Å². The Kier molecular flexibility index (Phi) is 5.45. The molecule has 1 aromatic carbocycles. The Morgan fingerprint density at radius 3 is 2.54 bits per heavy atom. The molecule has 2 heterocycles. The number of fused-ring (bicyclic) bond motifs is 1. The van der Waals surface area contributed by atoms with E-state index in [1.165, 1.54) is 0 Å². The summed E-state index contributed by atoms with van der Waals surface area (Å²) in [7, 11) is 1.54. The molecule has 1 fully saturated rings. The van der Waals surface area contributed by atoms with Gasteiger partial charge in [0.15, 0.2) is 11.5 Å². The average Bonchev–Trinajstić information content (AvgIpc) is 2.75. The summed E-state index contributed by atoms with van der Waals surface area (Å²) in [6.45, 7) is 0.216. The van der Waals surface area contributed by atoms with Crippen LogP contribution in [0.1, 0.15) is 25.7 Å². The molecule has 0 spiro atoms.